The standard InChI is InChI=1S/C24H30ClN3O4S/c1-16-12-28(13-17(2)32-16)24(30)18-7-9-27(10-8-18)23(29)11-20-15-33-22(26-20)14-31-21-5-3-19(25)4-6-21/h3-6,15-18H,7-14H2,1-2H3. The zero-order chi connectivity index (χ0) is 23.4. The smallest absolute Gasteiger partial charge is 0.228 e. The largest absolute Gasteiger partial charge is 0.486 e. The van der Waals surface area contributed by atoms with E-state index in [1.165, 1.54) is 11.3 Å². The number of hydrogen-bond acceptors (Lipinski definition) is 6. The minimum atomic E-state index is -0.0116. The summed E-state index contributed by atoms with van der Waals surface area (Å²) in [6, 6.07) is 7.19. The highest BCUT2D eigenvalue weighted by Crippen LogP contribution is 2.23. The van der Waals surface area contributed by atoms with Crippen molar-refractivity contribution >= 4 is 34.8 Å². The first-order chi connectivity index (χ1) is 15.9. The van der Waals surface area contributed by atoms with Crippen LogP contribution < -0.4 is 4.74 Å². The second kappa shape index (κ2) is 10.8. The zero-order valence-electron chi connectivity index (χ0n) is 19.0. The first kappa shape index (κ1) is 24.0. The van der Waals surface area contributed by atoms with E-state index in [2.05, 4.69) is 4.98 Å². The van der Waals surface area contributed by atoms with Crippen LogP contribution in [0.5, 0.6) is 5.75 Å². The monoisotopic (exact) mass is 491 g/mol. The van der Waals surface area contributed by atoms with Gasteiger partial charge >= 0.3 is 0 Å². The Hall–Kier alpha value is -2.16. The van der Waals surface area contributed by atoms with Crippen LogP contribution >= 0.6 is 22.9 Å². The molecule has 0 radical (unpaired) electrons. The molecule has 2 unspecified atom stereocenters. The van der Waals surface area contributed by atoms with Gasteiger partial charge in [0.1, 0.15) is 17.4 Å². The SMILES string of the molecule is CC1CN(C(=O)C2CCN(C(=O)Cc3csc(COc4ccc(Cl)cc4)n3)CC2)CC(C)O1. The van der Waals surface area contributed by atoms with Crippen LogP contribution in [0.2, 0.25) is 5.02 Å². The molecule has 2 aromatic rings. The van der Waals surface area contributed by atoms with Gasteiger partial charge in [-0.25, -0.2) is 4.98 Å². The van der Waals surface area contributed by atoms with Crippen LogP contribution in [0.1, 0.15) is 37.4 Å². The Morgan fingerprint density at radius 1 is 1.12 bits per heavy atom. The predicted molar refractivity (Wildman–Crippen MR) is 127 cm³/mol. The number of carbonyl (C=O) groups excluding carboxylic acids is 2. The first-order valence-electron chi connectivity index (χ1n) is 11.4. The van der Waals surface area contributed by atoms with E-state index in [0.717, 1.165) is 16.5 Å². The number of halogens is 1. The van der Waals surface area contributed by atoms with E-state index in [1.54, 1.807) is 12.1 Å². The summed E-state index contributed by atoms with van der Waals surface area (Å²) < 4.78 is 11.5. The van der Waals surface area contributed by atoms with E-state index in [0.29, 0.717) is 50.7 Å². The third-order valence-corrected chi connectivity index (χ3v) is 7.16. The van der Waals surface area contributed by atoms with Crippen molar-refractivity contribution in [3.63, 3.8) is 0 Å². The minimum absolute atomic E-state index is 0.0116. The molecule has 0 saturated carbocycles. The maximum atomic E-state index is 12.9. The van der Waals surface area contributed by atoms with Gasteiger partial charge in [-0.05, 0) is 51.0 Å². The van der Waals surface area contributed by atoms with Crippen LogP contribution in [0.3, 0.4) is 0 Å². The third-order valence-electron chi connectivity index (χ3n) is 6.04. The summed E-state index contributed by atoms with van der Waals surface area (Å²) in [7, 11) is 0. The van der Waals surface area contributed by atoms with E-state index in [1.807, 2.05) is 41.2 Å². The molecule has 3 heterocycles. The van der Waals surface area contributed by atoms with Gasteiger partial charge in [-0.15, -0.1) is 11.3 Å². The van der Waals surface area contributed by atoms with E-state index in [9.17, 15) is 9.59 Å². The van der Waals surface area contributed by atoms with Gasteiger partial charge in [-0.3, -0.25) is 9.59 Å². The van der Waals surface area contributed by atoms with Crippen molar-refractivity contribution in [2.45, 2.75) is 51.9 Å². The number of hydrogen-bond donors (Lipinski definition) is 0. The highest BCUT2D eigenvalue weighted by Gasteiger charge is 2.33. The quantitative estimate of drug-likeness (QED) is 0.614. The van der Waals surface area contributed by atoms with Gasteiger partial charge in [0.15, 0.2) is 0 Å². The molecule has 4 rings (SSSR count). The van der Waals surface area contributed by atoms with E-state index >= 15 is 0 Å². The third kappa shape index (κ3) is 6.46. The molecule has 2 fully saturated rings. The number of morpholine rings is 1. The number of ether oxygens (including phenoxy) is 2. The molecule has 0 aliphatic carbocycles. The number of benzene rings is 1. The van der Waals surface area contributed by atoms with Crippen LogP contribution in [0, 0.1) is 5.92 Å². The van der Waals surface area contributed by atoms with Gasteiger partial charge in [0, 0.05) is 42.5 Å². The second-order valence-electron chi connectivity index (χ2n) is 8.81. The Kier molecular flexibility index (Phi) is 7.88. The molecule has 2 aliphatic rings. The van der Waals surface area contributed by atoms with Gasteiger partial charge in [-0.1, -0.05) is 11.6 Å². The summed E-state index contributed by atoms with van der Waals surface area (Å²) in [6.07, 6.45) is 1.83. The molecular formula is C24H30ClN3O4S. The summed E-state index contributed by atoms with van der Waals surface area (Å²) in [6.45, 7) is 6.89. The Balaban J connectivity index is 1.22. The lowest BCUT2D eigenvalue weighted by Gasteiger charge is -2.39. The summed E-state index contributed by atoms with van der Waals surface area (Å²) in [5.41, 5.74) is 0.759. The molecule has 0 spiro atoms. The van der Waals surface area contributed by atoms with Crippen molar-refractivity contribution in [2.24, 2.45) is 5.92 Å². The second-order valence-corrected chi connectivity index (χ2v) is 10.2. The number of likely N-dealkylation sites (tertiary alicyclic amines) is 1. The maximum Gasteiger partial charge on any atom is 0.228 e. The van der Waals surface area contributed by atoms with Crippen LogP contribution in [-0.4, -0.2) is 65.0 Å². The number of amides is 2. The van der Waals surface area contributed by atoms with E-state index < -0.39 is 0 Å². The molecule has 2 amide bonds. The van der Waals surface area contributed by atoms with Crippen molar-refractivity contribution in [1.29, 1.82) is 0 Å². The number of carbonyl (C=O) groups is 2. The van der Waals surface area contributed by atoms with Gasteiger partial charge in [0.2, 0.25) is 11.8 Å². The molecule has 2 saturated heterocycles. The lowest BCUT2D eigenvalue weighted by Crippen LogP contribution is -2.51. The molecular weight excluding hydrogens is 462 g/mol. The number of piperidine rings is 1. The normalized spacial score (nSPS) is 21.8. The fourth-order valence-corrected chi connectivity index (χ4v) is 5.26. The van der Waals surface area contributed by atoms with Gasteiger partial charge in [0.25, 0.3) is 0 Å². The first-order valence-corrected chi connectivity index (χ1v) is 12.7. The van der Waals surface area contributed by atoms with Gasteiger partial charge in [0.05, 0.1) is 24.3 Å². The summed E-state index contributed by atoms with van der Waals surface area (Å²) in [5, 5.41) is 3.40. The molecule has 1 aromatic carbocycles. The lowest BCUT2D eigenvalue weighted by atomic mass is 9.94. The van der Waals surface area contributed by atoms with Crippen molar-refractivity contribution in [1.82, 2.24) is 14.8 Å². The van der Waals surface area contributed by atoms with E-state index in [-0.39, 0.29) is 36.4 Å². The fraction of sp³-hybridized carbons (Fsp3) is 0.542. The molecule has 0 N–H and O–H groups in total. The average Bonchev–Trinajstić information content (AvgIpc) is 3.25. The topological polar surface area (TPSA) is 72.0 Å². The number of aromatic nitrogens is 1. The molecule has 178 valence electrons. The average molecular weight is 492 g/mol. The molecule has 1 aromatic heterocycles. The van der Waals surface area contributed by atoms with Crippen molar-refractivity contribution in [3.05, 3.63) is 45.4 Å². The molecule has 2 atom stereocenters. The number of rotatable bonds is 6. The van der Waals surface area contributed by atoms with Crippen molar-refractivity contribution < 1.29 is 19.1 Å². The highest BCUT2D eigenvalue weighted by atomic mass is 35.5. The van der Waals surface area contributed by atoms with Crippen LogP contribution in [0.15, 0.2) is 29.6 Å². The van der Waals surface area contributed by atoms with Crippen molar-refractivity contribution in [3.8, 4) is 5.75 Å². The van der Waals surface area contributed by atoms with Crippen LogP contribution in [-0.2, 0) is 27.4 Å². The van der Waals surface area contributed by atoms with E-state index in [4.69, 9.17) is 21.1 Å². The van der Waals surface area contributed by atoms with Gasteiger partial charge < -0.3 is 19.3 Å². The highest BCUT2D eigenvalue weighted by molar-refractivity contribution is 7.09. The Bertz CT molecular complexity index is 949. The predicted octanol–water partition coefficient (Wildman–Crippen LogP) is 3.79. The maximum absolute atomic E-state index is 12.9. The molecule has 0 bridgehead atoms. The zero-order valence-corrected chi connectivity index (χ0v) is 20.6. The molecule has 9 heteroatoms. The number of nitrogens with zero attached hydrogens (tertiary/aromatic N) is 3. The summed E-state index contributed by atoms with van der Waals surface area (Å²) in [4.78, 5) is 34.1. The molecule has 33 heavy (non-hydrogen) atoms. The van der Waals surface area contributed by atoms with Crippen LogP contribution in [0.4, 0.5) is 0 Å². The summed E-state index contributed by atoms with van der Waals surface area (Å²) in [5.74, 6) is 0.979. The molecule has 2 aliphatic heterocycles. The molecule has 7 nitrogen and oxygen atoms in total. The number of thiazole rings is 1. The van der Waals surface area contributed by atoms with Crippen LogP contribution in [0.25, 0.3) is 0 Å². The fourth-order valence-electron chi connectivity index (χ4n) is 4.43. The van der Waals surface area contributed by atoms with Gasteiger partial charge in [-0.2, -0.15) is 0 Å². The Morgan fingerprint density at radius 3 is 2.45 bits per heavy atom. The lowest BCUT2D eigenvalue weighted by molar-refractivity contribution is -0.150. The Morgan fingerprint density at radius 2 is 1.79 bits per heavy atom. The minimum Gasteiger partial charge on any atom is -0.486 e. The summed E-state index contributed by atoms with van der Waals surface area (Å²) >= 11 is 7.38. The van der Waals surface area contributed by atoms with Crippen molar-refractivity contribution in [2.75, 3.05) is 26.2 Å². The Labute approximate surface area is 203 Å².